The number of nitro groups is 1. The Morgan fingerprint density at radius 2 is 2.00 bits per heavy atom. The van der Waals surface area contributed by atoms with Crippen molar-refractivity contribution in [2.45, 2.75) is 19.6 Å². The number of aromatic nitrogens is 2. The molecule has 0 aliphatic rings. The van der Waals surface area contributed by atoms with E-state index in [-0.39, 0.29) is 27.6 Å². The maximum absolute atomic E-state index is 13.5. The van der Waals surface area contributed by atoms with Gasteiger partial charge in [0.05, 0.1) is 26.5 Å². The molecule has 0 saturated heterocycles. The SMILES string of the molecule is CC(OC(=O)c1cc([N+](=O)[O-])ccc1Cl)c1nc2ccccc2n1C(F)F. The average Bonchev–Trinajstić information content (AvgIpc) is 3.01. The highest BCUT2D eigenvalue weighted by molar-refractivity contribution is 6.33. The smallest absolute Gasteiger partial charge is 0.340 e. The maximum atomic E-state index is 13.5. The van der Waals surface area contributed by atoms with Gasteiger partial charge in [0.2, 0.25) is 0 Å². The van der Waals surface area contributed by atoms with Crippen LogP contribution in [0.15, 0.2) is 42.5 Å². The van der Waals surface area contributed by atoms with Crippen molar-refractivity contribution >= 4 is 34.3 Å². The van der Waals surface area contributed by atoms with Crippen LogP contribution in [0, 0.1) is 10.1 Å². The minimum atomic E-state index is -2.89. The van der Waals surface area contributed by atoms with Crippen LogP contribution in [0.25, 0.3) is 11.0 Å². The number of fused-ring (bicyclic) bond motifs is 1. The van der Waals surface area contributed by atoms with Crippen molar-refractivity contribution < 1.29 is 23.2 Å². The number of carbonyl (C=O) groups excluding carboxylic acids is 1. The summed E-state index contributed by atoms with van der Waals surface area (Å²) in [4.78, 5) is 26.7. The average molecular weight is 396 g/mol. The van der Waals surface area contributed by atoms with Gasteiger partial charge >= 0.3 is 12.5 Å². The highest BCUT2D eigenvalue weighted by Gasteiger charge is 2.26. The zero-order valence-electron chi connectivity index (χ0n) is 13.8. The molecule has 0 amide bonds. The van der Waals surface area contributed by atoms with E-state index in [4.69, 9.17) is 16.3 Å². The Kier molecular flexibility index (Phi) is 5.04. The molecule has 0 aliphatic heterocycles. The quantitative estimate of drug-likeness (QED) is 0.348. The molecular formula is C17H12ClF2N3O4. The Hall–Kier alpha value is -3.07. The van der Waals surface area contributed by atoms with E-state index in [0.29, 0.717) is 10.1 Å². The summed E-state index contributed by atoms with van der Waals surface area (Å²) in [6.45, 7) is -1.52. The lowest BCUT2D eigenvalue weighted by molar-refractivity contribution is -0.384. The van der Waals surface area contributed by atoms with E-state index >= 15 is 0 Å². The number of hydrogen-bond donors (Lipinski definition) is 0. The first-order valence-corrected chi connectivity index (χ1v) is 8.07. The number of ether oxygens (including phenoxy) is 1. The number of halogens is 3. The number of non-ortho nitro benzene ring substituents is 1. The zero-order valence-corrected chi connectivity index (χ0v) is 14.6. The molecule has 7 nitrogen and oxygen atoms in total. The van der Waals surface area contributed by atoms with Crippen LogP contribution >= 0.6 is 11.6 Å². The second-order valence-electron chi connectivity index (χ2n) is 5.58. The van der Waals surface area contributed by atoms with E-state index in [2.05, 4.69) is 4.98 Å². The van der Waals surface area contributed by atoms with Crippen LogP contribution < -0.4 is 0 Å². The number of esters is 1. The molecule has 1 atom stereocenters. The molecular weight excluding hydrogens is 384 g/mol. The third kappa shape index (κ3) is 3.59. The van der Waals surface area contributed by atoms with Crippen molar-refractivity contribution in [3.05, 3.63) is 69.0 Å². The molecule has 0 spiro atoms. The minimum Gasteiger partial charge on any atom is -0.451 e. The third-order valence-electron chi connectivity index (χ3n) is 3.85. The van der Waals surface area contributed by atoms with E-state index in [1.54, 1.807) is 18.2 Å². The summed E-state index contributed by atoms with van der Waals surface area (Å²) in [7, 11) is 0. The van der Waals surface area contributed by atoms with Gasteiger partial charge in [0.25, 0.3) is 5.69 Å². The number of rotatable bonds is 5. The van der Waals surface area contributed by atoms with Gasteiger partial charge in [-0.2, -0.15) is 8.78 Å². The topological polar surface area (TPSA) is 87.3 Å². The van der Waals surface area contributed by atoms with Crippen molar-refractivity contribution in [2.75, 3.05) is 0 Å². The van der Waals surface area contributed by atoms with Gasteiger partial charge in [0.1, 0.15) is 0 Å². The van der Waals surface area contributed by atoms with Crippen molar-refractivity contribution in [2.24, 2.45) is 0 Å². The molecule has 1 aromatic heterocycles. The molecule has 3 aromatic rings. The van der Waals surface area contributed by atoms with Crippen molar-refractivity contribution in [3.63, 3.8) is 0 Å². The third-order valence-corrected chi connectivity index (χ3v) is 4.18. The summed E-state index contributed by atoms with van der Waals surface area (Å²) in [6.07, 6.45) is -1.14. The van der Waals surface area contributed by atoms with Crippen molar-refractivity contribution in [3.8, 4) is 0 Å². The first kappa shape index (κ1) is 18.7. The molecule has 0 fully saturated rings. The van der Waals surface area contributed by atoms with Crippen LogP contribution in [0.5, 0.6) is 0 Å². The van der Waals surface area contributed by atoms with Gasteiger partial charge in [-0.15, -0.1) is 0 Å². The van der Waals surface area contributed by atoms with E-state index < -0.39 is 23.5 Å². The van der Waals surface area contributed by atoms with Gasteiger partial charge in [-0.05, 0) is 25.1 Å². The molecule has 0 N–H and O–H groups in total. The predicted molar refractivity (Wildman–Crippen MR) is 92.9 cm³/mol. The zero-order chi connectivity index (χ0) is 19.7. The number of benzene rings is 2. The number of alkyl halides is 2. The molecule has 0 radical (unpaired) electrons. The molecule has 1 unspecified atom stereocenters. The summed E-state index contributed by atoms with van der Waals surface area (Å²) < 4.78 is 32.9. The second-order valence-corrected chi connectivity index (χ2v) is 5.98. The summed E-state index contributed by atoms with van der Waals surface area (Å²) in [5, 5.41) is 10.8. The monoisotopic (exact) mass is 395 g/mol. The number of carbonyl (C=O) groups is 1. The number of hydrogen-bond acceptors (Lipinski definition) is 5. The molecule has 2 aromatic carbocycles. The standard InChI is InChI=1S/C17H12ClF2N3O4/c1-9(15-21-13-4-2-3-5-14(13)22(15)17(19)20)27-16(24)11-8-10(23(25)26)6-7-12(11)18/h2-9,17H,1H3. The Morgan fingerprint density at radius 3 is 2.67 bits per heavy atom. The van der Waals surface area contributed by atoms with Gasteiger partial charge in [-0.3, -0.25) is 14.7 Å². The van der Waals surface area contributed by atoms with E-state index in [9.17, 15) is 23.7 Å². The predicted octanol–water partition coefficient (Wildman–Crippen LogP) is 4.91. The lowest BCUT2D eigenvalue weighted by Gasteiger charge is -2.15. The molecule has 27 heavy (non-hydrogen) atoms. The van der Waals surface area contributed by atoms with Gasteiger partial charge in [-0.25, -0.2) is 9.78 Å². The summed E-state index contributed by atoms with van der Waals surface area (Å²) in [5.74, 6) is -1.13. The Labute approximate surface area is 156 Å². The van der Waals surface area contributed by atoms with Crippen LogP contribution in [0.4, 0.5) is 14.5 Å². The Bertz CT molecular complexity index is 1040. The molecule has 140 valence electrons. The lowest BCUT2D eigenvalue weighted by Crippen LogP contribution is -2.15. The lowest BCUT2D eigenvalue weighted by atomic mass is 10.2. The first-order chi connectivity index (χ1) is 12.8. The largest absolute Gasteiger partial charge is 0.451 e. The van der Waals surface area contributed by atoms with Gasteiger partial charge in [-0.1, -0.05) is 23.7 Å². The molecule has 1 heterocycles. The fourth-order valence-electron chi connectivity index (χ4n) is 2.61. The molecule has 0 aliphatic carbocycles. The maximum Gasteiger partial charge on any atom is 0.340 e. The Balaban J connectivity index is 1.94. The summed E-state index contributed by atoms with van der Waals surface area (Å²) >= 11 is 5.91. The van der Waals surface area contributed by atoms with E-state index in [1.165, 1.54) is 19.1 Å². The summed E-state index contributed by atoms with van der Waals surface area (Å²) in [6, 6.07) is 9.57. The van der Waals surface area contributed by atoms with Crippen LogP contribution in [-0.4, -0.2) is 20.4 Å². The fraction of sp³-hybridized carbons (Fsp3) is 0.176. The van der Waals surface area contributed by atoms with Crippen LogP contribution in [0.2, 0.25) is 5.02 Å². The fourth-order valence-corrected chi connectivity index (χ4v) is 2.81. The minimum absolute atomic E-state index is 0.0554. The van der Waals surface area contributed by atoms with E-state index in [0.717, 1.165) is 12.1 Å². The highest BCUT2D eigenvalue weighted by atomic mass is 35.5. The van der Waals surface area contributed by atoms with Crippen molar-refractivity contribution in [1.29, 1.82) is 0 Å². The van der Waals surface area contributed by atoms with Gasteiger partial charge < -0.3 is 4.74 Å². The highest BCUT2D eigenvalue weighted by Crippen LogP contribution is 2.30. The number of nitrogens with zero attached hydrogens (tertiary/aromatic N) is 3. The molecule has 0 saturated carbocycles. The van der Waals surface area contributed by atoms with Crippen molar-refractivity contribution in [1.82, 2.24) is 9.55 Å². The normalized spacial score (nSPS) is 12.3. The Morgan fingerprint density at radius 1 is 1.30 bits per heavy atom. The van der Waals surface area contributed by atoms with Crippen LogP contribution in [0.1, 0.15) is 35.8 Å². The van der Waals surface area contributed by atoms with Gasteiger partial charge in [0.15, 0.2) is 11.9 Å². The second kappa shape index (κ2) is 7.28. The molecule has 0 bridgehead atoms. The molecule has 10 heteroatoms. The van der Waals surface area contributed by atoms with Crippen LogP contribution in [0.3, 0.4) is 0 Å². The summed E-state index contributed by atoms with van der Waals surface area (Å²) in [5.41, 5.74) is -0.0703. The molecule has 3 rings (SSSR count). The number of nitro benzene ring substituents is 1. The first-order valence-electron chi connectivity index (χ1n) is 7.69. The van der Waals surface area contributed by atoms with E-state index in [1.807, 2.05) is 0 Å². The number of imidazole rings is 1. The van der Waals surface area contributed by atoms with Gasteiger partial charge in [0, 0.05) is 12.1 Å². The number of para-hydroxylation sites is 2. The van der Waals surface area contributed by atoms with Crippen LogP contribution in [-0.2, 0) is 4.74 Å².